The summed E-state index contributed by atoms with van der Waals surface area (Å²) in [5.74, 6) is 2.53. The molecule has 1 aromatic rings. The van der Waals surface area contributed by atoms with Crippen LogP contribution in [0, 0.1) is 11.8 Å². The minimum Gasteiger partial charge on any atom is -0.454 e. The highest BCUT2D eigenvalue weighted by Gasteiger charge is 2.43. The molecule has 0 saturated heterocycles. The summed E-state index contributed by atoms with van der Waals surface area (Å²) < 4.78 is 10.6. The van der Waals surface area contributed by atoms with E-state index in [-0.39, 0.29) is 24.8 Å². The fourth-order valence-electron chi connectivity index (χ4n) is 4.27. The van der Waals surface area contributed by atoms with Gasteiger partial charge >= 0.3 is 0 Å². The first kappa shape index (κ1) is 13.9. The average molecular weight is 303 g/mol. The number of ether oxygens (including phenoxy) is 2. The van der Waals surface area contributed by atoms with Crippen molar-refractivity contribution < 1.29 is 19.4 Å². The third-order valence-corrected chi connectivity index (χ3v) is 5.45. The molecule has 0 radical (unpaired) electrons. The molecule has 1 aliphatic heterocycles. The number of amides is 1. The van der Waals surface area contributed by atoms with Crippen molar-refractivity contribution in [3.05, 3.63) is 23.8 Å². The minimum atomic E-state index is -0.134. The summed E-state index contributed by atoms with van der Waals surface area (Å²) in [5, 5.41) is 9.73. The zero-order valence-electron chi connectivity index (χ0n) is 12.7. The number of carbonyl (C=O) groups is 1. The maximum atomic E-state index is 12.7. The summed E-state index contributed by atoms with van der Waals surface area (Å²) in [6.45, 7) is 0.219. The molecule has 1 heterocycles. The second-order valence-corrected chi connectivity index (χ2v) is 6.75. The van der Waals surface area contributed by atoms with Crippen molar-refractivity contribution in [1.82, 2.24) is 4.90 Å². The predicted octanol–water partition coefficient (Wildman–Crippen LogP) is 2.04. The van der Waals surface area contributed by atoms with E-state index >= 15 is 0 Å². The maximum Gasteiger partial charge on any atom is 0.253 e. The van der Waals surface area contributed by atoms with Gasteiger partial charge in [-0.3, -0.25) is 4.79 Å². The first-order chi connectivity index (χ1) is 10.6. The topological polar surface area (TPSA) is 59.0 Å². The van der Waals surface area contributed by atoms with Gasteiger partial charge in [-0.2, -0.15) is 0 Å². The smallest absolute Gasteiger partial charge is 0.253 e. The number of fused-ring (bicyclic) bond motifs is 2. The van der Waals surface area contributed by atoms with Gasteiger partial charge in [0, 0.05) is 18.7 Å². The summed E-state index contributed by atoms with van der Waals surface area (Å²) in [5.41, 5.74) is 0.642. The lowest BCUT2D eigenvalue weighted by molar-refractivity contribution is 0.0722. The molecule has 4 atom stereocenters. The number of carbonyl (C=O) groups excluding carboxylic acids is 1. The minimum absolute atomic E-state index is 0.0313. The van der Waals surface area contributed by atoms with Gasteiger partial charge in [0.25, 0.3) is 5.91 Å². The zero-order chi connectivity index (χ0) is 15.3. The molecule has 0 aromatic heterocycles. The molecule has 0 spiro atoms. The molecule has 5 nitrogen and oxygen atoms in total. The summed E-state index contributed by atoms with van der Waals surface area (Å²) in [6, 6.07) is 5.64. The van der Waals surface area contributed by atoms with Gasteiger partial charge in [0.2, 0.25) is 6.79 Å². The van der Waals surface area contributed by atoms with Crippen LogP contribution in [-0.4, -0.2) is 41.9 Å². The van der Waals surface area contributed by atoms with E-state index < -0.39 is 0 Å². The van der Waals surface area contributed by atoms with Gasteiger partial charge in [-0.05, 0) is 55.7 Å². The summed E-state index contributed by atoms with van der Waals surface area (Å²) in [4.78, 5) is 14.6. The standard InChI is InChI=1S/C17H21NO4/c1-18(13-4-11-6-14(19)7-12(11)5-13)17(20)10-2-3-15-16(8-10)22-9-21-15/h2-3,8,11-14,19H,4-7,9H2,1H3/t11-,12+,13?,14?. The van der Waals surface area contributed by atoms with Gasteiger partial charge in [0.1, 0.15) is 0 Å². The van der Waals surface area contributed by atoms with Crippen LogP contribution in [0.3, 0.4) is 0 Å². The van der Waals surface area contributed by atoms with E-state index in [9.17, 15) is 9.90 Å². The molecule has 22 heavy (non-hydrogen) atoms. The lowest BCUT2D eigenvalue weighted by atomic mass is 10.0. The van der Waals surface area contributed by atoms with Crippen LogP contribution < -0.4 is 9.47 Å². The fraction of sp³-hybridized carbons (Fsp3) is 0.588. The zero-order valence-corrected chi connectivity index (χ0v) is 12.7. The second kappa shape index (κ2) is 5.16. The number of hydrogen-bond acceptors (Lipinski definition) is 4. The van der Waals surface area contributed by atoms with E-state index in [1.54, 1.807) is 18.2 Å². The van der Waals surface area contributed by atoms with Crippen molar-refractivity contribution >= 4 is 5.91 Å². The second-order valence-electron chi connectivity index (χ2n) is 6.75. The summed E-state index contributed by atoms with van der Waals surface area (Å²) in [7, 11) is 1.88. The Kier molecular flexibility index (Phi) is 3.26. The Bertz CT molecular complexity index is 588. The maximum absolute atomic E-state index is 12.7. The number of aliphatic hydroxyl groups is 1. The van der Waals surface area contributed by atoms with Crippen molar-refractivity contribution in [2.24, 2.45) is 11.8 Å². The summed E-state index contributed by atoms with van der Waals surface area (Å²) in [6.07, 6.45) is 3.68. The number of nitrogens with zero attached hydrogens (tertiary/aromatic N) is 1. The van der Waals surface area contributed by atoms with E-state index in [4.69, 9.17) is 9.47 Å². The number of hydrogen-bond donors (Lipinski definition) is 1. The first-order valence-electron chi connectivity index (χ1n) is 7.96. The fourth-order valence-corrected chi connectivity index (χ4v) is 4.27. The molecule has 0 bridgehead atoms. The molecule has 2 saturated carbocycles. The molecule has 2 unspecified atom stereocenters. The molecule has 4 rings (SSSR count). The highest BCUT2D eigenvalue weighted by Crippen LogP contribution is 2.45. The van der Waals surface area contributed by atoms with Gasteiger partial charge < -0.3 is 19.5 Å². The van der Waals surface area contributed by atoms with Crippen molar-refractivity contribution in [3.8, 4) is 11.5 Å². The van der Waals surface area contributed by atoms with E-state index in [0.717, 1.165) is 25.7 Å². The van der Waals surface area contributed by atoms with E-state index in [1.807, 2.05) is 11.9 Å². The molecule has 1 N–H and O–H groups in total. The van der Waals surface area contributed by atoms with E-state index in [0.29, 0.717) is 28.9 Å². The number of rotatable bonds is 2. The Hall–Kier alpha value is -1.75. The first-order valence-corrected chi connectivity index (χ1v) is 7.96. The van der Waals surface area contributed by atoms with Crippen LogP contribution in [-0.2, 0) is 0 Å². The number of benzene rings is 1. The van der Waals surface area contributed by atoms with Crippen LogP contribution in [0.1, 0.15) is 36.0 Å². The normalized spacial score (nSPS) is 32.1. The largest absolute Gasteiger partial charge is 0.454 e. The van der Waals surface area contributed by atoms with Crippen molar-refractivity contribution in [2.75, 3.05) is 13.8 Å². The Balaban J connectivity index is 1.47. The molecule has 1 aromatic carbocycles. The van der Waals surface area contributed by atoms with Gasteiger partial charge in [-0.1, -0.05) is 0 Å². The van der Waals surface area contributed by atoms with Crippen LogP contribution in [0.5, 0.6) is 11.5 Å². The quantitative estimate of drug-likeness (QED) is 0.908. The molecule has 3 aliphatic rings. The molecule has 2 fully saturated rings. The molecular formula is C17H21NO4. The van der Waals surface area contributed by atoms with Gasteiger partial charge in [0.05, 0.1) is 6.10 Å². The Morgan fingerprint density at radius 2 is 1.82 bits per heavy atom. The van der Waals surface area contributed by atoms with Crippen LogP contribution in [0.2, 0.25) is 0 Å². The van der Waals surface area contributed by atoms with Crippen LogP contribution in [0.4, 0.5) is 0 Å². The monoisotopic (exact) mass is 303 g/mol. The highest BCUT2D eigenvalue weighted by molar-refractivity contribution is 5.95. The van der Waals surface area contributed by atoms with Gasteiger partial charge in [-0.15, -0.1) is 0 Å². The average Bonchev–Trinajstić information content (AvgIpc) is 3.18. The predicted molar refractivity (Wildman–Crippen MR) is 79.9 cm³/mol. The highest BCUT2D eigenvalue weighted by atomic mass is 16.7. The number of aliphatic hydroxyl groups excluding tert-OH is 1. The van der Waals surface area contributed by atoms with Crippen molar-refractivity contribution in [2.45, 2.75) is 37.8 Å². The third kappa shape index (κ3) is 2.24. The molecular weight excluding hydrogens is 282 g/mol. The van der Waals surface area contributed by atoms with Gasteiger partial charge in [0.15, 0.2) is 11.5 Å². The van der Waals surface area contributed by atoms with Crippen LogP contribution in [0.15, 0.2) is 18.2 Å². The molecule has 118 valence electrons. The Labute approximate surface area is 129 Å². The van der Waals surface area contributed by atoms with Gasteiger partial charge in [-0.25, -0.2) is 0 Å². The Morgan fingerprint density at radius 3 is 2.55 bits per heavy atom. The van der Waals surface area contributed by atoms with Crippen molar-refractivity contribution in [3.63, 3.8) is 0 Å². The Morgan fingerprint density at radius 1 is 1.14 bits per heavy atom. The van der Waals surface area contributed by atoms with E-state index in [1.165, 1.54) is 0 Å². The molecule has 2 aliphatic carbocycles. The lowest BCUT2D eigenvalue weighted by Gasteiger charge is -2.25. The SMILES string of the molecule is CN(C(=O)c1ccc2c(c1)OCO2)C1C[C@H]2CC(O)C[C@H]2C1. The summed E-state index contributed by atoms with van der Waals surface area (Å²) >= 11 is 0. The lowest BCUT2D eigenvalue weighted by Crippen LogP contribution is -2.36. The molecule has 5 heteroatoms. The van der Waals surface area contributed by atoms with E-state index in [2.05, 4.69) is 0 Å². The van der Waals surface area contributed by atoms with Crippen molar-refractivity contribution in [1.29, 1.82) is 0 Å². The molecule has 1 amide bonds. The van der Waals surface area contributed by atoms with Crippen LogP contribution in [0.25, 0.3) is 0 Å². The third-order valence-electron chi connectivity index (χ3n) is 5.45. The van der Waals surface area contributed by atoms with Crippen LogP contribution >= 0.6 is 0 Å².